The maximum atomic E-state index is 3.32. The van der Waals surface area contributed by atoms with Crippen molar-refractivity contribution in [2.75, 3.05) is 20.1 Å². The summed E-state index contributed by atoms with van der Waals surface area (Å²) in [5.74, 6) is 0. The number of rotatable bonds is 4. The molecule has 1 aliphatic rings. The molecule has 0 aromatic carbocycles. The Morgan fingerprint density at radius 1 is 1.46 bits per heavy atom. The van der Waals surface area contributed by atoms with E-state index in [4.69, 9.17) is 0 Å². The average Bonchev–Trinajstić information content (AvgIpc) is 2.18. The highest BCUT2D eigenvalue weighted by Crippen LogP contribution is 2.19. The van der Waals surface area contributed by atoms with Crippen LogP contribution >= 0.6 is 0 Å². The lowest BCUT2D eigenvalue weighted by Gasteiger charge is -2.36. The summed E-state index contributed by atoms with van der Waals surface area (Å²) in [5, 5.41) is 3.32. The summed E-state index contributed by atoms with van der Waals surface area (Å²) in [6, 6.07) is 1.48. The van der Waals surface area contributed by atoms with E-state index in [0.717, 1.165) is 6.04 Å². The Bertz CT molecular complexity index is 136. The number of hydrogen-bond acceptors (Lipinski definition) is 2. The highest BCUT2D eigenvalue weighted by Gasteiger charge is 2.21. The highest BCUT2D eigenvalue weighted by atomic mass is 15.2. The van der Waals surface area contributed by atoms with Crippen LogP contribution in [-0.4, -0.2) is 37.1 Å². The van der Waals surface area contributed by atoms with Crippen molar-refractivity contribution < 1.29 is 0 Å². The molecule has 0 radical (unpaired) electrons. The number of nitrogens with one attached hydrogen (secondary N) is 1. The van der Waals surface area contributed by atoms with Crippen molar-refractivity contribution in [3.8, 4) is 0 Å². The Morgan fingerprint density at radius 3 is 2.85 bits per heavy atom. The van der Waals surface area contributed by atoms with Gasteiger partial charge in [0.2, 0.25) is 0 Å². The smallest absolute Gasteiger partial charge is 0.0163 e. The molecule has 2 atom stereocenters. The van der Waals surface area contributed by atoms with E-state index in [0.29, 0.717) is 6.04 Å². The van der Waals surface area contributed by atoms with Gasteiger partial charge in [-0.2, -0.15) is 0 Å². The van der Waals surface area contributed by atoms with Gasteiger partial charge in [-0.3, -0.25) is 4.90 Å². The molecule has 1 saturated heterocycles. The molecule has 0 aliphatic carbocycles. The molecule has 13 heavy (non-hydrogen) atoms. The first-order valence-corrected chi connectivity index (χ1v) is 5.69. The van der Waals surface area contributed by atoms with E-state index in [-0.39, 0.29) is 0 Å². The van der Waals surface area contributed by atoms with Gasteiger partial charge < -0.3 is 5.32 Å². The van der Waals surface area contributed by atoms with Gasteiger partial charge in [0.05, 0.1) is 0 Å². The zero-order chi connectivity index (χ0) is 9.68. The fourth-order valence-corrected chi connectivity index (χ4v) is 2.21. The van der Waals surface area contributed by atoms with Crippen LogP contribution in [0, 0.1) is 0 Å². The third kappa shape index (κ3) is 3.28. The standard InChI is InChI=1S/C11H24N2/c1-4-11-7-5-6-8-13(11)9-10(2)12-3/h10-12H,4-9H2,1-3H3. The third-order valence-electron chi connectivity index (χ3n) is 3.22. The lowest BCUT2D eigenvalue weighted by molar-refractivity contribution is 0.133. The topological polar surface area (TPSA) is 15.3 Å². The van der Waals surface area contributed by atoms with Gasteiger partial charge in [-0.25, -0.2) is 0 Å². The summed E-state index contributed by atoms with van der Waals surface area (Å²) >= 11 is 0. The maximum Gasteiger partial charge on any atom is 0.0163 e. The van der Waals surface area contributed by atoms with Crippen LogP contribution in [0.25, 0.3) is 0 Å². The molecular formula is C11H24N2. The van der Waals surface area contributed by atoms with Gasteiger partial charge in [0.25, 0.3) is 0 Å². The van der Waals surface area contributed by atoms with Crippen LogP contribution in [0.1, 0.15) is 39.5 Å². The van der Waals surface area contributed by atoms with Crippen LogP contribution in [0.4, 0.5) is 0 Å². The Hall–Kier alpha value is -0.0800. The zero-order valence-electron chi connectivity index (χ0n) is 9.34. The first-order chi connectivity index (χ1) is 6.27. The molecule has 0 saturated carbocycles. The third-order valence-corrected chi connectivity index (χ3v) is 3.22. The summed E-state index contributed by atoms with van der Waals surface area (Å²) < 4.78 is 0. The molecule has 78 valence electrons. The Labute approximate surface area is 82.7 Å². The molecule has 2 heteroatoms. The Morgan fingerprint density at radius 2 is 2.23 bits per heavy atom. The maximum absolute atomic E-state index is 3.32. The van der Waals surface area contributed by atoms with E-state index in [1.54, 1.807) is 0 Å². The molecule has 0 bridgehead atoms. The number of hydrogen-bond donors (Lipinski definition) is 1. The fraction of sp³-hybridized carbons (Fsp3) is 1.00. The zero-order valence-corrected chi connectivity index (χ0v) is 9.34. The Kier molecular flexibility index (Phi) is 4.74. The van der Waals surface area contributed by atoms with E-state index < -0.39 is 0 Å². The molecule has 1 rings (SSSR count). The second-order valence-electron chi connectivity index (χ2n) is 4.24. The minimum absolute atomic E-state index is 0.632. The molecule has 1 aliphatic heterocycles. The quantitative estimate of drug-likeness (QED) is 0.717. The lowest BCUT2D eigenvalue weighted by Crippen LogP contribution is -2.45. The van der Waals surface area contributed by atoms with Crippen molar-refractivity contribution in [1.29, 1.82) is 0 Å². The van der Waals surface area contributed by atoms with Gasteiger partial charge in [-0.1, -0.05) is 13.3 Å². The fourth-order valence-electron chi connectivity index (χ4n) is 2.21. The van der Waals surface area contributed by atoms with Crippen molar-refractivity contribution in [2.24, 2.45) is 0 Å². The minimum atomic E-state index is 0.632. The molecule has 2 unspecified atom stereocenters. The summed E-state index contributed by atoms with van der Waals surface area (Å²) in [6.07, 6.45) is 5.55. The van der Waals surface area contributed by atoms with Crippen LogP contribution < -0.4 is 5.32 Å². The van der Waals surface area contributed by atoms with Crippen LogP contribution in [0.15, 0.2) is 0 Å². The monoisotopic (exact) mass is 184 g/mol. The van der Waals surface area contributed by atoms with Gasteiger partial charge in [0.15, 0.2) is 0 Å². The van der Waals surface area contributed by atoms with E-state index >= 15 is 0 Å². The predicted octanol–water partition coefficient (Wildman–Crippen LogP) is 1.86. The second kappa shape index (κ2) is 5.61. The largest absolute Gasteiger partial charge is 0.316 e. The SMILES string of the molecule is CCC1CCCCN1CC(C)NC. The van der Waals surface area contributed by atoms with Crippen LogP contribution in [0.2, 0.25) is 0 Å². The molecule has 0 spiro atoms. The minimum Gasteiger partial charge on any atom is -0.316 e. The molecule has 1 heterocycles. The summed E-state index contributed by atoms with van der Waals surface area (Å²) in [6.45, 7) is 7.11. The second-order valence-corrected chi connectivity index (χ2v) is 4.24. The molecule has 0 aromatic rings. The van der Waals surface area contributed by atoms with E-state index in [1.807, 2.05) is 0 Å². The molecule has 0 aromatic heterocycles. The van der Waals surface area contributed by atoms with Crippen molar-refractivity contribution in [3.63, 3.8) is 0 Å². The first-order valence-electron chi connectivity index (χ1n) is 5.69. The van der Waals surface area contributed by atoms with Gasteiger partial charge in [-0.05, 0) is 39.8 Å². The van der Waals surface area contributed by atoms with Crippen molar-refractivity contribution in [2.45, 2.75) is 51.6 Å². The predicted molar refractivity (Wildman–Crippen MR) is 58.0 cm³/mol. The van der Waals surface area contributed by atoms with E-state index in [9.17, 15) is 0 Å². The molecule has 1 N–H and O–H groups in total. The van der Waals surface area contributed by atoms with Gasteiger partial charge >= 0.3 is 0 Å². The van der Waals surface area contributed by atoms with E-state index in [1.165, 1.54) is 38.8 Å². The van der Waals surface area contributed by atoms with Crippen LogP contribution in [0.3, 0.4) is 0 Å². The van der Waals surface area contributed by atoms with Crippen molar-refractivity contribution >= 4 is 0 Å². The van der Waals surface area contributed by atoms with Gasteiger partial charge in [0.1, 0.15) is 0 Å². The van der Waals surface area contributed by atoms with Crippen LogP contribution in [-0.2, 0) is 0 Å². The molecular weight excluding hydrogens is 160 g/mol. The van der Waals surface area contributed by atoms with E-state index in [2.05, 4.69) is 31.1 Å². The lowest BCUT2D eigenvalue weighted by atomic mass is 9.99. The first kappa shape index (κ1) is 11.0. The number of likely N-dealkylation sites (N-methyl/N-ethyl adjacent to an activating group) is 1. The summed E-state index contributed by atoms with van der Waals surface area (Å²) in [4.78, 5) is 2.66. The highest BCUT2D eigenvalue weighted by molar-refractivity contribution is 4.78. The summed E-state index contributed by atoms with van der Waals surface area (Å²) in [5.41, 5.74) is 0. The normalized spacial score (nSPS) is 27.5. The number of piperidine rings is 1. The Balaban J connectivity index is 2.35. The van der Waals surface area contributed by atoms with Gasteiger partial charge in [-0.15, -0.1) is 0 Å². The van der Waals surface area contributed by atoms with Crippen molar-refractivity contribution in [3.05, 3.63) is 0 Å². The molecule has 0 amide bonds. The average molecular weight is 184 g/mol. The van der Waals surface area contributed by atoms with Crippen LogP contribution in [0.5, 0.6) is 0 Å². The molecule has 1 fully saturated rings. The van der Waals surface area contributed by atoms with Crippen molar-refractivity contribution in [1.82, 2.24) is 10.2 Å². The van der Waals surface area contributed by atoms with Gasteiger partial charge in [0, 0.05) is 18.6 Å². The molecule has 2 nitrogen and oxygen atoms in total. The summed E-state index contributed by atoms with van der Waals surface area (Å²) in [7, 11) is 2.05. The number of likely N-dealkylation sites (tertiary alicyclic amines) is 1. The number of nitrogens with zero attached hydrogens (tertiary/aromatic N) is 1.